The summed E-state index contributed by atoms with van der Waals surface area (Å²) in [6, 6.07) is 2.39. The minimum atomic E-state index is -0.953. The van der Waals surface area contributed by atoms with Crippen molar-refractivity contribution in [2.45, 2.75) is 44.9 Å². The van der Waals surface area contributed by atoms with Gasteiger partial charge in [-0.25, -0.2) is 4.39 Å². The van der Waals surface area contributed by atoms with Crippen LogP contribution in [0.3, 0.4) is 0 Å². The number of halogens is 1. The third kappa shape index (κ3) is 4.56. The van der Waals surface area contributed by atoms with Gasteiger partial charge in [-0.15, -0.1) is 0 Å². The predicted molar refractivity (Wildman–Crippen MR) is 87.3 cm³/mol. The summed E-state index contributed by atoms with van der Waals surface area (Å²) in [4.78, 5) is 2.22. The van der Waals surface area contributed by atoms with Crippen LogP contribution in [-0.2, 0) is 0 Å². The first-order chi connectivity index (χ1) is 10.9. The number of hydrogen-bond donors (Lipinski definition) is 2. The van der Waals surface area contributed by atoms with Crippen LogP contribution >= 0.6 is 0 Å². The monoisotopic (exact) mass is 326 g/mol. The number of ether oxygens (including phenoxy) is 2. The van der Waals surface area contributed by atoms with E-state index in [-0.39, 0.29) is 17.6 Å². The summed E-state index contributed by atoms with van der Waals surface area (Å²) in [5.74, 6) is -0.235. The molecular formula is C17H27FN2O3. The molecule has 0 spiro atoms. The van der Waals surface area contributed by atoms with Crippen molar-refractivity contribution in [1.29, 1.82) is 0 Å². The molecule has 0 aromatic heterocycles. The number of likely N-dealkylation sites (tertiary alicyclic amines) is 1. The molecule has 1 fully saturated rings. The highest BCUT2D eigenvalue weighted by molar-refractivity contribution is 5.45. The Morgan fingerprint density at radius 3 is 2.52 bits per heavy atom. The van der Waals surface area contributed by atoms with Crippen molar-refractivity contribution in [2.75, 3.05) is 26.7 Å². The molecular weight excluding hydrogens is 299 g/mol. The van der Waals surface area contributed by atoms with E-state index in [0.29, 0.717) is 12.1 Å². The van der Waals surface area contributed by atoms with E-state index < -0.39 is 18.0 Å². The predicted octanol–water partition coefficient (Wildman–Crippen LogP) is 2.08. The Kier molecular flexibility index (Phi) is 6.21. The zero-order valence-electron chi connectivity index (χ0n) is 14.1. The molecule has 1 saturated heterocycles. The third-order valence-corrected chi connectivity index (χ3v) is 4.01. The molecule has 1 aliphatic rings. The van der Waals surface area contributed by atoms with E-state index in [9.17, 15) is 9.50 Å². The molecule has 0 bridgehead atoms. The number of rotatable bonds is 7. The molecule has 2 rings (SSSR count). The Morgan fingerprint density at radius 1 is 1.30 bits per heavy atom. The number of aliphatic hydroxyl groups excluding tert-OH is 1. The van der Waals surface area contributed by atoms with Crippen LogP contribution in [0.5, 0.6) is 11.5 Å². The number of methoxy groups -OCH3 is 1. The van der Waals surface area contributed by atoms with E-state index in [2.05, 4.69) is 4.90 Å². The van der Waals surface area contributed by atoms with Crippen LogP contribution in [0.25, 0.3) is 0 Å². The summed E-state index contributed by atoms with van der Waals surface area (Å²) in [5, 5.41) is 10.5. The second-order valence-corrected chi connectivity index (χ2v) is 6.32. The number of nitrogens with two attached hydrogens (primary N) is 1. The average Bonchev–Trinajstić information content (AvgIpc) is 2.98. The van der Waals surface area contributed by atoms with Crippen LogP contribution in [0.1, 0.15) is 38.4 Å². The molecule has 1 aliphatic heterocycles. The zero-order chi connectivity index (χ0) is 17.0. The van der Waals surface area contributed by atoms with Gasteiger partial charge in [0.15, 0.2) is 17.3 Å². The maximum atomic E-state index is 14.2. The van der Waals surface area contributed by atoms with E-state index >= 15 is 0 Å². The first-order valence-corrected chi connectivity index (χ1v) is 8.12. The maximum Gasteiger partial charge on any atom is 0.196 e. The second-order valence-electron chi connectivity index (χ2n) is 6.32. The highest BCUT2D eigenvalue weighted by Gasteiger charge is 2.24. The first-order valence-electron chi connectivity index (χ1n) is 8.12. The summed E-state index contributed by atoms with van der Waals surface area (Å²) in [6.07, 6.45) is 1.23. The molecule has 23 heavy (non-hydrogen) atoms. The van der Waals surface area contributed by atoms with Gasteiger partial charge in [0, 0.05) is 12.6 Å². The lowest BCUT2D eigenvalue weighted by atomic mass is 10.0. The van der Waals surface area contributed by atoms with Gasteiger partial charge in [-0.2, -0.15) is 0 Å². The molecule has 2 atom stereocenters. The van der Waals surface area contributed by atoms with E-state index in [1.54, 1.807) is 6.07 Å². The van der Waals surface area contributed by atoms with Gasteiger partial charge in [-0.3, -0.25) is 0 Å². The van der Waals surface area contributed by atoms with Gasteiger partial charge in [0.05, 0.1) is 19.3 Å². The number of aliphatic hydroxyl groups is 1. The van der Waals surface area contributed by atoms with Crippen LogP contribution in [0.4, 0.5) is 4.39 Å². The van der Waals surface area contributed by atoms with Crippen molar-refractivity contribution in [3.63, 3.8) is 0 Å². The van der Waals surface area contributed by atoms with Crippen molar-refractivity contribution >= 4 is 0 Å². The standard InChI is InChI=1S/C17H27FN2O3/c1-11(2)23-15-9-12(8-13(18)17(15)22-3)16(21)14(19)10-20-6-4-5-7-20/h8-9,11,14,16,21H,4-7,10,19H2,1-3H3/t14-,16-/m1/s1. The number of benzene rings is 1. The summed E-state index contributed by atoms with van der Waals surface area (Å²) in [7, 11) is 1.39. The van der Waals surface area contributed by atoms with E-state index in [1.807, 2.05) is 13.8 Å². The van der Waals surface area contributed by atoms with Crippen molar-refractivity contribution in [2.24, 2.45) is 5.73 Å². The fourth-order valence-corrected chi connectivity index (χ4v) is 2.91. The van der Waals surface area contributed by atoms with Crippen LogP contribution in [0.2, 0.25) is 0 Å². The Hall–Kier alpha value is -1.37. The Balaban J connectivity index is 2.18. The van der Waals surface area contributed by atoms with Gasteiger partial charge in [-0.05, 0) is 57.5 Å². The maximum absolute atomic E-state index is 14.2. The van der Waals surface area contributed by atoms with E-state index in [1.165, 1.54) is 13.2 Å². The SMILES string of the molecule is COc1c(F)cc([C@@H](O)[C@H](N)CN2CCCC2)cc1OC(C)C. The zero-order valence-corrected chi connectivity index (χ0v) is 14.1. The molecule has 6 heteroatoms. The molecule has 0 amide bonds. The van der Waals surface area contributed by atoms with Crippen LogP contribution < -0.4 is 15.2 Å². The van der Waals surface area contributed by atoms with Gasteiger partial charge < -0.3 is 25.2 Å². The average molecular weight is 326 g/mol. The molecule has 0 aliphatic carbocycles. The molecule has 0 radical (unpaired) electrons. The van der Waals surface area contributed by atoms with Gasteiger partial charge in [-0.1, -0.05) is 0 Å². The molecule has 5 nitrogen and oxygen atoms in total. The normalized spacial score (nSPS) is 18.2. The largest absolute Gasteiger partial charge is 0.490 e. The fourth-order valence-electron chi connectivity index (χ4n) is 2.91. The quantitative estimate of drug-likeness (QED) is 0.803. The van der Waals surface area contributed by atoms with E-state index in [4.69, 9.17) is 15.2 Å². The van der Waals surface area contributed by atoms with E-state index in [0.717, 1.165) is 25.9 Å². The van der Waals surface area contributed by atoms with Crippen molar-refractivity contribution < 1.29 is 19.0 Å². The Morgan fingerprint density at radius 2 is 1.96 bits per heavy atom. The van der Waals surface area contributed by atoms with Gasteiger partial charge in [0.25, 0.3) is 0 Å². The molecule has 1 heterocycles. The smallest absolute Gasteiger partial charge is 0.196 e. The van der Waals surface area contributed by atoms with Crippen LogP contribution in [0.15, 0.2) is 12.1 Å². The third-order valence-electron chi connectivity index (χ3n) is 4.01. The summed E-state index contributed by atoms with van der Waals surface area (Å²) in [6.45, 7) is 6.28. The van der Waals surface area contributed by atoms with Crippen molar-refractivity contribution in [3.05, 3.63) is 23.5 Å². The second kappa shape index (κ2) is 7.95. The Labute approximate surface area is 137 Å². The van der Waals surface area contributed by atoms with Gasteiger partial charge in [0.1, 0.15) is 0 Å². The highest BCUT2D eigenvalue weighted by Crippen LogP contribution is 2.35. The summed E-state index contributed by atoms with van der Waals surface area (Å²) >= 11 is 0. The van der Waals surface area contributed by atoms with Crippen molar-refractivity contribution in [3.8, 4) is 11.5 Å². The van der Waals surface area contributed by atoms with Crippen LogP contribution in [0, 0.1) is 5.82 Å². The topological polar surface area (TPSA) is 68.0 Å². The molecule has 0 unspecified atom stereocenters. The summed E-state index contributed by atoms with van der Waals surface area (Å²) < 4.78 is 24.9. The number of nitrogens with zero attached hydrogens (tertiary/aromatic N) is 1. The minimum absolute atomic E-state index is 0.0442. The molecule has 1 aromatic carbocycles. The van der Waals surface area contributed by atoms with Crippen molar-refractivity contribution in [1.82, 2.24) is 4.90 Å². The first kappa shape index (κ1) is 18.0. The lowest BCUT2D eigenvalue weighted by Crippen LogP contribution is -2.40. The molecule has 1 aromatic rings. The number of hydrogen-bond acceptors (Lipinski definition) is 5. The summed E-state index contributed by atoms with van der Waals surface area (Å²) in [5.41, 5.74) is 6.52. The fraction of sp³-hybridized carbons (Fsp3) is 0.647. The lowest BCUT2D eigenvalue weighted by Gasteiger charge is -2.25. The van der Waals surface area contributed by atoms with Crippen LogP contribution in [-0.4, -0.2) is 48.9 Å². The molecule has 3 N–H and O–H groups in total. The minimum Gasteiger partial charge on any atom is -0.490 e. The van der Waals surface area contributed by atoms with Gasteiger partial charge in [0.2, 0.25) is 0 Å². The Bertz CT molecular complexity index is 519. The lowest BCUT2D eigenvalue weighted by molar-refractivity contribution is 0.124. The van der Waals surface area contributed by atoms with Gasteiger partial charge >= 0.3 is 0 Å². The highest BCUT2D eigenvalue weighted by atomic mass is 19.1. The molecule has 130 valence electrons. The molecule has 0 saturated carbocycles.